The van der Waals surface area contributed by atoms with Gasteiger partial charge in [0.1, 0.15) is 0 Å². The minimum Gasteiger partial charge on any atom is -0.168 e. The van der Waals surface area contributed by atoms with Crippen LogP contribution in [0, 0.1) is 17.8 Å². The molecule has 0 saturated heterocycles. The molecule has 2 aliphatic rings. The molecule has 0 amide bonds. The van der Waals surface area contributed by atoms with Gasteiger partial charge in [-0.15, -0.1) is 40.6 Å². The molecule has 4 rings (SSSR count). The number of rotatable bonds is 2. The first kappa shape index (κ1) is 23.1. The summed E-state index contributed by atoms with van der Waals surface area (Å²) in [6.45, 7) is 7.23. The number of hydrogen-bond acceptors (Lipinski definition) is 0. The van der Waals surface area contributed by atoms with Gasteiger partial charge in [-0.25, -0.2) is 0 Å². The van der Waals surface area contributed by atoms with E-state index in [9.17, 15) is 0 Å². The van der Waals surface area contributed by atoms with E-state index in [0.29, 0.717) is 0 Å². The first-order valence-corrected chi connectivity index (χ1v) is 11.1. The number of benzene rings is 1. The summed E-state index contributed by atoms with van der Waals surface area (Å²) in [5.74, 6) is 3.31. The van der Waals surface area contributed by atoms with E-state index < -0.39 is 0 Å². The molecule has 28 heavy (non-hydrogen) atoms. The summed E-state index contributed by atoms with van der Waals surface area (Å²) in [7, 11) is 0. The predicted molar refractivity (Wildman–Crippen MR) is 120 cm³/mol. The standard InChI is InChI=1S/C19H25.C8H12.Co/c1-13(2)16-10-8-14(3)12-19(16)18-11-9-15-6-4-5-7-17(15)18;1-2-4-6-8-7-5-3-1;/h4-7,9,11,13-14,16,19H,8,10,12H2,1-3H3;1-2,7-8H,3-6H2;/q-1;;. The summed E-state index contributed by atoms with van der Waals surface area (Å²) < 4.78 is 0. The monoisotopic (exact) mass is 420 g/mol. The largest absolute Gasteiger partial charge is 0.168 e. The van der Waals surface area contributed by atoms with Crippen molar-refractivity contribution in [3.63, 3.8) is 0 Å². The van der Waals surface area contributed by atoms with Gasteiger partial charge in [-0.1, -0.05) is 70.4 Å². The fraction of sp³-hybridized carbons (Fsp3) is 0.519. The van der Waals surface area contributed by atoms with E-state index in [1.807, 2.05) is 0 Å². The molecule has 155 valence electrons. The van der Waals surface area contributed by atoms with Crippen LogP contribution in [0.25, 0.3) is 10.8 Å². The van der Waals surface area contributed by atoms with E-state index in [0.717, 1.165) is 23.7 Å². The zero-order valence-electron chi connectivity index (χ0n) is 17.9. The smallest absolute Gasteiger partial charge is 0 e. The molecule has 1 radical (unpaired) electrons. The van der Waals surface area contributed by atoms with Crippen molar-refractivity contribution in [2.75, 3.05) is 0 Å². The molecule has 0 aliphatic heterocycles. The van der Waals surface area contributed by atoms with Crippen LogP contribution in [0.5, 0.6) is 0 Å². The fourth-order valence-electron chi connectivity index (χ4n) is 4.91. The van der Waals surface area contributed by atoms with Gasteiger partial charge < -0.3 is 0 Å². The minimum absolute atomic E-state index is 0. The van der Waals surface area contributed by atoms with Crippen molar-refractivity contribution in [2.24, 2.45) is 17.8 Å². The van der Waals surface area contributed by atoms with Crippen LogP contribution in [-0.2, 0) is 16.8 Å². The Morgan fingerprint density at radius 1 is 0.857 bits per heavy atom. The predicted octanol–water partition coefficient (Wildman–Crippen LogP) is 8.40. The van der Waals surface area contributed by atoms with Crippen LogP contribution in [0.2, 0.25) is 0 Å². The second kappa shape index (κ2) is 11.7. The van der Waals surface area contributed by atoms with Crippen molar-refractivity contribution in [3.05, 3.63) is 66.3 Å². The Hall–Kier alpha value is -1.18. The Bertz CT molecular complexity index is 722. The Morgan fingerprint density at radius 3 is 2.07 bits per heavy atom. The van der Waals surface area contributed by atoms with Crippen LogP contribution in [-0.4, -0.2) is 0 Å². The van der Waals surface area contributed by atoms with E-state index in [-0.39, 0.29) is 16.8 Å². The van der Waals surface area contributed by atoms with E-state index in [4.69, 9.17) is 0 Å². The zero-order chi connectivity index (χ0) is 19.1. The molecule has 3 unspecified atom stereocenters. The van der Waals surface area contributed by atoms with Gasteiger partial charge in [0.05, 0.1) is 0 Å². The van der Waals surface area contributed by atoms with Gasteiger partial charge in [0.25, 0.3) is 0 Å². The van der Waals surface area contributed by atoms with Gasteiger partial charge in [0.2, 0.25) is 0 Å². The average Bonchev–Trinajstić information content (AvgIpc) is 3.05. The van der Waals surface area contributed by atoms with Crippen molar-refractivity contribution in [1.82, 2.24) is 0 Å². The summed E-state index contributed by atoms with van der Waals surface area (Å²) in [5, 5.41) is 2.91. The van der Waals surface area contributed by atoms with E-state index >= 15 is 0 Å². The third-order valence-corrected chi connectivity index (χ3v) is 6.47. The van der Waals surface area contributed by atoms with E-state index in [2.05, 4.69) is 81.5 Å². The molecular weight excluding hydrogens is 383 g/mol. The maximum atomic E-state index is 2.43. The second-order valence-electron chi connectivity index (χ2n) is 8.91. The minimum atomic E-state index is 0. The van der Waals surface area contributed by atoms with Gasteiger partial charge in [-0.05, 0) is 49.4 Å². The van der Waals surface area contributed by atoms with Crippen LogP contribution in [0.3, 0.4) is 0 Å². The number of hydrogen-bond donors (Lipinski definition) is 0. The summed E-state index contributed by atoms with van der Waals surface area (Å²) >= 11 is 0. The topological polar surface area (TPSA) is 0 Å². The molecule has 0 heterocycles. The van der Waals surface area contributed by atoms with Crippen LogP contribution >= 0.6 is 0 Å². The maximum absolute atomic E-state index is 2.43. The van der Waals surface area contributed by atoms with Crippen LogP contribution in [0.4, 0.5) is 0 Å². The summed E-state index contributed by atoms with van der Waals surface area (Å²) in [6, 6.07) is 13.6. The molecule has 0 N–H and O–H groups in total. The molecule has 1 saturated carbocycles. The van der Waals surface area contributed by atoms with Crippen LogP contribution < -0.4 is 0 Å². The zero-order valence-corrected chi connectivity index (χ0v) is 18.9. The SMILES string of the molecule is C1=CCCC=CCC1.CC1CCC(C(C)C)C([c-]2ccc3ccccc32)C1.[Co]. The van der Waals surface area contributed by atoms with E-state index in [1.165, 1.54) is 55.7 Å². The Balaban J connectivity index is 0.000000264. The number of allylic oxidation sites excluding steroid dienone is 4. The molecular formula is C27H37Co-. The normalized spacial score (nSPS) is 24.8. The van der Waals surface area contributed by atoms with Crippen LogP contribution in [0.15, 0.2) is 60.7 Å². The summed E-state index contributed by atoms with van der Waals surface area (Å²) in [4.78, 5) is 0. The third-order valence-electron chi connectivity index (χ3n) is 6.47. The van der Waals surface area contributed by atoms with Crippen molar-refractivity contribution in [2.45, 2.75) is 71.6 Å². The molecule has 0 aromatic heterocycles. The summed E-state index contributed by atoms with van der Waals surface area (Å²) in [5.41, 5.74) is 1.61. The first-order chi connectivity index (χ1) is 13.2. The van der Waals surface area contributed by atoms with Crippen molar-refractivity contribution >= 4 is 10.8 Å². The fourth-order valence-corrected chi connectivity index (χ4v) is 4.91. The van der Waals surface area contributed by atoms with Crippen molar-refractivity contribution < 1.29 is 16.8 Å². The molecule has 0 bridgehead atoms. The molecule has 2 aromatic rings. The molecule has 3 atom stereocenters. The summed E-state index contributed by atoms with van der Waals surface area (Å²) in [6.07, 6.45) is 18.2. The van der Waals surface area contributed by atoms with E-state index in [1.54, 1.807) is 5.56 Å². The Kier molecular flexibility index (Phi) is 9.68. The molecule has 2 aliphatic carbocycles. The molecule has 2 aromatic carbocycles. The van der Waals surface area contributed by atoms with Crippen molar-refractivity contribution in [1.29, 1.82) is 0 Å². The van der Waals surface area contributed by atoms with Crippen molar-refractivity contribution in [3.8, 4) is 0 Å². The van der Waals surface area contributed by atoms with Gasteiger partial charge in [-0.2, -0.15) is 6.07 Å². The van der Waals surface area contributed by atoms with Gasteiger partial charge >= 0.3 is 0 Å². The molecule has 1 heteroatoms. The van der Waals surface area contributed by atoms with Gasteiger partial charge in [0, 0.05) is 16.8 Å². The van der Waals surface area contributed by atoms with Gasteiger partial charge in [-0.3, -0.25) is 0 Å². The average molecular weight is 421 g/mol. The molecule has 0 nitrogen and oxygen atoms in total. The van der Waals surface area contributed by atoms with Crippen LogP contribution in [0.1, 0.15) is 77.2 Å². The molecule has 1 fully saturated rings. The quantitative estimate of drug-likeness (QED) is 0.338. The second-order valence-corrected chi connectivity index (χ2v) is 8.91. The Labute approximate surface area is 183 Å². The maximum Gasteiger partial charge on any atom is 0 e. The van der Waals surface area contributed by atoms with Gasteiger partial charge in [0.15, 0.2) is 0 Å². The third kappa shape index (κ3) is 6.16. The first-order valence-electron chi connectivity index (χ1n) is 11.1. The Morgan fingerprint density at radius 2 is 1.46 bits per heavy atom. The number of fused-ring (bicyclic) bond motifs is 1. The molecule has 0 spiro atoms.